The molecule has 28 heavy (non-hydrogen) atoms. The third-order valence-corrected chi connectivity index (χ3v) is 8.75. The number of aliphatic hydroxyl groups excluding tert-OH is 2. The highest BCUT2D eigenvalue weighted by molar-refractivity contribution is 5.93. The van der Waals surface area contributed by atoms with E-state index in [0.29, 0.717) is 18.4 Å². The average molecular weight is 392 g/mol. The molecule has 3 N–H and O–H groups in total. The summed E-state index contributed by atoms with van der Waals surface area (Å²) in [7, 11) is 0. The number of Topliss-reactive ketones (excluding diaryl/α,β-unsaturated/α-hetero) is 1. The molecule has 0 heterocycles. The fraction of sp³-hybridized carbons (Fsp3) is 0.727. The monoisotopic (exact) mass is 392 g/mol. The van der Waals surface area contributed by atoms with Crippen molar-refractivity contribution in [3.63, 3.8) is 0 Å². The SMILES string of the molecule is C[C@@H]1C[C@H]2[C@@H]3CC=C4CC(=O)C=C[C@]4(C)[C@@]3(F)[C@@H](O)C[C@]2(C)[C@@]1(O)C(=O)CO. The van der Waals surface area contributed by atoms with Crippen molar-refractivity contribution in [3.05, 3.63) is 23.8 Å². The van der Waals surface area contributed by atoms with Crippen molar-refractivity contribution in [1.82, 2.24) is 0 Å². The van der Waals surface area contributed by atoms with Gasteiger partial charge in [-0.2, -0.15) is 0 Å². The van der Waals surface area contributed by atoms with Crippen LogP contribution in [0.5, 0.6) is 0 Å². The lowest BCUT2D eigenvalue weighted by molar-refractivity contribution is -0.215. The lowest BCUT2D eigenvalue weighted by atomic mass is 9.45. The average Bonchev–Trinajstić information content (AvgIpc) is 2.84. The normalized spacial score (nSPS) is 52.5. The van der Waals surface area contributed by atoms with E-state index in [9.17, 15) is 24.9 Å². The predicted octanol–water partition coefficient (Wildman–Crippen LogP) is 1.90. The molecule has 0 unspecified atom stereocenters. The maximum absolute atomic E-state index is 16.9. The molecule has 0 radical (unpaired) electrons. The smallest absolute Gasteiger partial charge is 0.190 e. The minimum Gasteiger partial charge on any atom is -0.390 e. The van der Waals surface area contributed by atoms with Gasteiger partial charge in [0.05, 0.1) is 6.10 Å². The van der Waals surface area contributed by atoms with Crippen LogP contribution in [0.4, 0.5) is 4.39 Å². The molecular formula is C22H29FO5. The number of carbonyl (C=O) groups excluding carboxylic acids is 2. The van der Waals surface area contributed by atoms with Crippen LogP contribution in [0.1, 0.15) is 46.5 Å². The first-order chi connectivity index (χ1) is 13.0. The summed E-state index contributed by atoms with van der Waals surface area (Å²) in [4.78, 5) is 24.4. The largest absolute Gasteiger partial charge is 0.390 e. The first kappa shape index (κ1) is 19.9. The van der Waals surface area contributed by atoms with Crippen LogP contribution in [0.2, 0.25) is 0 Å². The molecule has 5 nitrogen and oxygen atoms in total. The van der Waals surface area contributed by atoms with Crippen molar-refractivity contribution in [2.45, 2.75) is 63.8 Å². The summed E-state index contributed by atoms with van der Waals surface area (Å²) in [5, 5.41) is 32.0. The molecule has 2 saturated carbocycles. The second kappa shape index (κ2) is 5.83. The number of halogens is 1. The zero-order chi connectivity index (χ0) is 20.7. The summed E-state index contributed by atoms with van der Waals surface area (Å²) in [6, 6.07) is 0. The Kier molecular flexibility index (Phi) is 4.15. The van der Waals surface area contributed by atoms with E-state index in [2.05, 4.69) is 0 Å². The number of aliphatic hydroxyl groups is 3. The van der Waals surface area contributed by atoms with E-state index in [4.69, 9.17) is 0 Å². The summed E-state index contributed by atoms with van der Waals surface area (Å²) in [5.74, 6) is -2.09. The number of ketones is 2. The topological polar surface area (TPSA) is 94.8 Å². The standard InChI is InChI=1S/C22H29FO5/c1-12-8-16-15-5-4-13-9-14(25)6-7-19(13,2)21(15,23)17(26)10-20(16,3)22(12,28)18(27)11-24/h4,6-7,12,15-17,24,26,28H,5,8-11H2,1-3H3/t12-,15+,16+,17+,19+,20+,21+,22+/m1/s1. The molecule has 0 aromatic rings. The van der Waals surface area contributed by atoms with Gasteiger partial charge in [-0.15, -0.1) is 0 Å². The number of fused-ring (bicyclic) bond motifs is 5. The Morgan fingerprint density at radius 3 is 2.64 bits per heavy atom. The van der Waals surface area contributed by atoms with Gasteiger partial charge in [-0.3, -0.25) is 9.59 Å². The van der Waals surface area contributed by atoms with Crippen LogP contribution in [0.15, 0.2) is 23.8 Å². The minimum absolute atomic E-state index is 0.0676. The quantitative estimate of drug-likeness (QED) is 0.624. The number of alkyl halides is 1. The molecular weight excluding hydrogens is 363 g/mol. The van der Waals surface area contributed by atoms with Crippen molar-refractivity contribution in [2.24, 2.45) is 28.6 Å². The van der Waals surface area contributed by atoms with Gasteiger partial charge in [0.25, 0.3) is 0 Å². The number of hydrogen-bond donors (Lipinski definition) is 3. The Balaban J connectivity index is 1.85. The zero-order valence-electron chi connectivity index (χ0n) is 16.6. The van der Waals surface area contributed by atoms with Crippen LogP contribution in [0.3, 0.4) is 0 Å². The fourth-order valence-corrected chi connectivity index (χ4v) is 7.17. The van der Waals surface area contributed by atoms with Crippen molar-refractivity contribution >= 4 is 11.6 Å². The Bertz CT molecular complexity index is 805. The Morgan fingerprint density at radius 1 is 1.32 bits per heavy atom. The lowest BCUT2D eigenvalue weighted by Gasteiger charge is -2.62. The van der Waals surface area contributed by atoms with E-state index in [1.165, 1.54) is 6.08 Å². The second-order valence-electron chi connectivity index (χ2n) is 9.75. The van der Waals surface area contributed by atoms with Crippen LogP contribution in [0.25, 0.3) is 0 Å². The summed E-state index contributed by atoms with van der Waals surface area (Å²) < 4.78 is 16.9. The number of hydrogen-bond acceptors (Lipinski definition) is 5. The number of allylic oxidation sites excluding steroid dienone is 4. The van der Waals surface area contributed by atoms with Crippen molar-refractivity contribution in [2.75, 3.05) is 6.61 Å². The molecule has 0 aliphatic heterocycles. The molecule has 0 aromatic heterocycles. The van der Waals surface area contributed by atoms with Gasteiger partial charge < -0.3 is 15.3 Å². The third-order valence-electron chi connectivity index (χ3n) is 8.75. The van der Waals surface area contributed by atoms with Crippen LogP contribution >= 0.6 is 0 Å². The molecule has 0 amide bonds. The zero-order valence-corrected chi connectivity index (χ0v) is 16.6. The van der Waals surface area contributed by atoms with Gasteiger partial charge in [0.15, 0.2) is 17.2 Å². The number of carbonyl (C=O) groups is 2. The molecule has 8 atom stereocenters. The van der Waals surface area contributed by atoms with Gasteiger partial charge in [0, 0.05) is 23.2 Å². The number of rotatable bonds is 2. The van der Waals surface area contributed by atoms with Gasteiger partial charge in [-0.25, -0.2) is 4.39 Å². The Hall–Kier alpha value is -1.37. The van der Waals surface area contributed by atoms with E-state index < -0.39 is 52.4 Å². The maximum Gasteiger partial charge on any atom is 0.190 e. The molecule has 0 spiro atoms. The first-order valence-corrected chi connectivity index (χ1v) is 10.1. The lowest BCUT2D eigenvalue weighted by Crippen LogP contribution is -2.69. The molecule has 6 heteroatoms. The summed E-state index contributed by atoms with van der Waals surface area (Å²) in [6.45, 7) is 4.47. The molecule has 154 valence electrons. The Labute approximate surface area is 164 Å². The van der Waals surface area contributed by atoms with Gasteiger partial charge >= 0.3 is 0 Å². The molecule has 4 aliphatic carbocycles. The summed E-state index contributed by atoms with van der Waals surface area (Å²) in [6.07, 6.45) is 4.41. The second-order valence-corrected chi connectivity index (χ2v) is 9.75. The highest BCUT2D eigenvalue weighted by Crippen LogP contribution is 2.70. The van der Waals surface area contributed by atoms with Crippen LogP contribution in [-0.2, 0) is 9.59 Å². The maximum atomic E-state index is 16.9. The van der Waals surface area contributed by atoms with Gasteiger partial charge in [-0.05, 0) is 44.1 Å². The minimum atomic E-state index is -1.98. The molecule has 0 bridgehead atoms. The summed E-state index contributed by atoms with van der Waals surface area (Å²) in [5.41, 5.74) is -5.18. The van der Waals surface area contributed by atoms with Crippen molar-refractivity contribution < 1.29 is 29.3 Å². The molecule has 4 aliphatic rings. The summed E-state index contributed by atoms with van der Waals surface area (Å²) >= 11 is 0. The van der Waals surface area contributed by atoms with Gasteiger partial charge in [0.1, 0.15) is 12.2 Å². The first-order valence-electron chi connectivity index (χ1n) is 10.1. The molecule has 4 rings (SSSR count). The van der Waals surface area contributed by atoms with E-state index in [1.54, 1.807) is 26.8 Å². The fourth-order valence-electron chi connectivity index (χ4n) is 7.17. The third kappa shape index (κ3) is 2.01. The van der Waals surface area contributed by atoms with Crippen LogP contribution in [0, 0.1) is 28.6 Å². The van der Waals surface area contributed by atoms with E-state index >= 15 is 4.39 Å². The molecule has 0 saturated heterocycles. The molecule has 0 aromatic carbocycles. The van der Waals surface area contributed by atoms with Crippen LogP contribution < -0.4 is 0 Å². The van der Waals surface area contributed by atoms with Crippen molar-refractivity contribution in [1.29, 1.82) is 0 Å². The van der Waals surface area contributed by atoms with Gasteiger partial charge in [-0.1, -0.05) is 31.6 Å². The highest BCUT2D eigenvalue weighted by atomic mass is 19.1. The van der Waals surface area contributed by atoms with E-state index in [1.807, 2.05) is 6.08 Å². The van der Waals surface area contributed by atoms with Crippen LogP contribution in [-0.4, -0.2) is 50.9 Å². The van der Waals surface area contributed by atoms with E-state index in [-0.39, 0.29) is 24.5 Å². The van der Waals surface area contributed by atoms with E-state index in [0.717, 1.165) is 0 Å². The molecule has 2 fully saturated rings. The predicted molar refractivity (Wildman–Crippen MR) is 99.9 cm³/mol. The van der Waals surface area contributed by atoms with Gasteiger partial charge in [0.2, 0.25) is 0 Å². The van der Waals surface area contributed by atoms with Crippen molar-refractivity contribution in [3.8, 4) is 0 Å². The highest BCUT2D eigenvalue weighted by Gasteiger charge is 2.75. The Morgan fingerprint density at radius 2 is 2.00 bits per heavy atom.